The zero-order valence-electron chi connectivity index (χ0n) is 15.1. The number of hydrogen-bond donors (Lipinski definition) is 1. The lowest BCUT2D eigenvalue weighted by Crippen LogP contribution is -2.22. The molecule has 3 heteroatoms. The van der Waals surface area contributed by atoms with Crippen LogP contribution < -0.4 is 5.32 Å². The molecule has 1 aliphatic carbocycles. The van der Waals surface area contributed by atoms with Gasteiger partial charge in [0, 0.05) is 23.5 Å². The van der Waals surface area contributed by atoms with Gasteiger partial charge in [0.05, 0.1) is 5.92 Å². The zero-order chi connectivity index (χ0) is 18.1. The Morgan fingerprint density at radius 3 is 1.88 bits per heavy atom. The summed E-state index contributed by atoms with van der Waals surface area (Å²) in [7, 11) is 0. The Morgan fingerprint density at radius 1 is 0.885 bits per heavy atom. The zero-order valence-corrected chi connectivity index (χ0v) is 15.1. The standard InChI is InChI=1S/C23H22N2O/c1-16-3-7-18(8-4-16)23(19-9-5-17(2)6-10-19)15-21(23)22(26)25-20-11-13-24-14-12-20/h3-14,21H,15H2,1-2H3,(H,24,25,26)/t21-/m0/s1. The minimum atomic E-state index is -0.238. The maximum absolute atomic E-state index is 12.9. The summed E-state index contributed by atoms with van der Waals surface area (Å²) in [5.74, 6) is -0.00146. The highest BCUT2D eigenvalue weighted by atomic mass is 16.2. The van der Waals surface area contributed by atoms with E-state index in [4.69, 9.17) is 0 Å². The van der Waals surface area contributed by atoms with Gasteiger partial charge < -0.3 is 5.32 Å². The van der Waals surface area contributed by atoms with Gasteiger partial charge in [-0.05, 0) is 43.5 Å². The summed E-state index contributed by atoms with van der Waals surface area (Å²) < 4.78 is 0. The molecule has 4 rings (SSSR count). The maximum atomic E-state index is 12.9. The number of amides is 1. The highest BCUT2D eigenvalue weighted by molar-refractivity contribution is 5.97. The largest absolute Gasteiger partial charge is 0.326 e. The number of benzene rings is 2. The molecule has 2 aromatic carbocycles. The number of aromatic nitrogens is 1. The first-order valence-electron chi connectivity index (χ1n) is 8.95. The SMILES string of the molecule is Cc1ccc(C2(c3ccc(C)cc3)C[C@H]2C(=O)Nc2ccncc2)cc1. The Hall–Kier alpha value is -2.94. The second kappa shape index (κ2) is 6.41. The van der Waals surface area contributed by atoms with Crippen LogP contribution in [0.1, 0.15) is 28.7 Å². The van der Waals surface area contributed by atoms with E-state index in [1.807, 2.05) is 12.1 Å². The van der Waals surface area contributed by atoms with Gasteiger partial charge in [-0.1, -0.05) is 59.7 Å². The number of carbonyl (C=O) groups excluding carboxylic acids is 1. The van der Waals surface area contributed by atoms with Gasteiger partial charge in [-0.3, -0.25) is 9.78 Å². The van der Waals surface area contributed by atoms with Crippen LogP contribution in [-0.2, 0) is 10.2 Å². The van der Waals surface area contributed by atoms with E-state index < -0.39 is 0 Å². The third-order valence-electron chi connectivity index (χ3n) is 5.36. The average Bonchev–Trinajstić information content (AvgIpc) is 3.41. The van der Waals surface area contributed by atoms with Crippen molar-refractivity contribution in [1.29, 1.82) is 0 Å². The van der Waals surface area contributed by atoms with Crippen molar-refractivity contribution in [1.82, 2.24) is 4.98 Å². The summed E-state index contributed by atoms with van der Waals surface area (Å²) in [6.45, 7) is 4.17. The molecule has 0 saturated heterocycles. The van der Waals surface area contributed by atoms with Crippen LogP contribution in [0.3, 0.4) is 0 Å². The quantitative estimate of drug-likeness (QED) is 0.750. The average molecular weight is 342 g/mol. The van der Waals surface area contributed by atoms with E-state index in [9.17, 15) is 4.79 Å². The van der Waals surface area contributed by atoms with Crippen molar-refractivity contribution in [3.63, 3.8) is 0 Å². The van der Waals surface area contributed by atoms with Crippen molar-refractivity contribution in [2.75, 3.05) is 5.32 Å². The Balaban J connectivity index is 1.68. The fraction of sp³-hybridized carbons (Fsp3) is 0.217. The smallest absolute Gasteiger partial charge is 0.228 e. The number of nitrogens with one attached hydrogen (secondary N) is 1. The minimum Gasteiger partial charge on any atom is -0.326 e. The first-order chi connectivity index (χ1) is 12.6. The summed E-state index contributed by atoms with van der Waals surface area (Å²) in [5.41, 5.74) is 5.43. The number of pyridine rings is 1. The third kappa shape index (κ3) is 2.90. The van der Waals surface area contributed by atoms with Crippen LogP contribution in [0.25, 0.3) is 0 Å². The van der Waals surface area contributed by atoms with Crippen molar-refractivity contribution < 1.29 is 4.79 Å². The molecular weight excluding hydrogens is 320 g/mol. The van der Waals surface area contributed by atoms with Gasteiger partial charge >= 0.3 is 0 Å². The Morgan fingerprint density at radius 2 is 1.38 bits per heavy atom. The van der Waals surface area contributed by atoms with Gasteiger partial charge in [0.25, 0.3) is 0 Å². The van der Waals surface area contributed by atoms with E-state index in [2.05, 4.69) is 72.7 Å². The van der Waals surface area contributed by atoms with Crippen LogP contribution in [0.5, 0.6) is 0 Å². The highest BCUT2D eigenvalue weighted by Crippen LogP contribution is 2.59. The predicted molar refractivity (Wildman–Crippen MR) is 104 cm³/mol. The summed E-state index contributed by atoms with van der Waals surface area (Å²) in [5, 5.41) is 3.04. The Bertz CT molecular complexity index is 869. The molecule has 130 valence electrons. The maximum Gasteiger partial charge on any atom is 0.228 e. The lowest BCUT2D eigenvalue weighted by molar-refractivity contribution is -0.117. The molecule has 0 radical (unpaired) electrons. The number of carbonyl (C=O) groups is 1. The third-order valence-corrected chi connectivity index (χ3v) is 5.36. The molecule has 1 aliphatic rings. The molecule has 0 unspecified atom stereocenters. The number of aryl methyl sites for hydroxylation is 2. The predicted octanol–water partition coefficient (Wildman–Crippen LogP) is 4.64. The monoisotopic (exact) mass is 342 g/mol. The molecular formula is C23H22N2O. The second-order valence-electron chi connectivity index (χ2n) is 7.19. The lowest BCUT2D eigenvalue weighted by Gasteiger charge is -2.19. The normalized spacial score (nSPS) is 17.5. The first-order valence-corrected chi connectivity index (χ1v) is 8.95. The van der Waals surface area contributed by atoms with Crippen molar-refractivity contribution in [3.8, 4) is 0 Å². The molecule has 3 aromatic rings. The van der Waals surface area contributed by atoms with Crippen LogP contribution in [0.15, 0.2) is 73.1 Å². The molecule has 0 bridgehead atoms. The fourth-order valence-electron chi connectivity index (χ4n) is 3.75. The molecule has 1 heterocycles. The van der Waals surface area contributed by atoms with Crippen LogP contribution in [-0.4, -0.2) is 10.9 Å². The Kier molecular flexibility index (Phi) is 4.08. The van der Waals surface area contributed by atoms with Gasteiger partial charge in [0.15, 0.2) is 0 Å². The number of nitrogens with zero attached hydrogens (tertiary/aromatic N) is 1. The van der Waals surface area contributed by atoms with Gasteiger partial charge in [-0.2, -0.15) is 0 Å². The van der Waals surface area contributed by atoms with Gasteiger partial charge in [-0.25, -0.2) is 0 Å². The minimum absolute atomic E-state index is 0.0670. The van der Waals surface area contributed by atoms with E-state index in [1.165, 1.54) is 22.3 Å². The molecule has 0 spiro atoms. The molecule has 0 aliphatic heterocycles. The van der Waals surface area contributed by atoms with Crippen molar-refractivity contribution in [2.24, 2.45) is 5.92 Å². The number of anilines is 1. The van der Waals surface area contributed by atoms with Crippen LogP contribution in [0.4, 0.5) is 5.69 Å². The van der Waals surface area contributed by atoms with Gasteiger partial charge in [-0.15, -0.1) is 0 Å². The molecule has 26 heavy (non-hydrogen) atoms. The van der Waals surface area contributed by atoms with Gasteiger partial charge in [0.2, 0.25) is 5.91 Å². The van der Waals surface area contributed by atoms with Gasteiger partial charge in [0.1, 0.15) is 0 Å². The molecule has 1 atom stereocenters. The molecule has 1 saturated carbocycles. The van der Waals surface area contributed by atoms with E-state index in [0.29, 0.717) is 0 Å². The van der Waals surface area contributed by atoms with Crippen molar-refractivity contribution in [3.05, 3.63) is 95.3 Å². The van der Waals surface area contributed by atoms with Crippen molar-refractivity contribution in [2.45, 2.75) is 25.7 Å². The summed E-state index contributed by atoms with van der Waals surface area (Å²) in [6, 6.07) is 20.8. The van der Waals surface area contributed by atoms with E-state index in [0.717, 1.165) is 12.1 Å². The molecule has 1 N–H and O–H groups in total. The number of rotatable bonds is 4. The summed E-state index contributed by atoms with van der Waals surface area (Å²) >= 11 is 0. The van der Waals surface area contributed by atoms with Crippen molar-refractivity contribution >= 4 is 11.6 Å². The van der Waals surface area contributed by atoms with Crippen LogP contribution in [0.2, 0.25) is 0 Å². The second-order valence-corrected chi connectivity index (χ2v) is 7.19. The molecule has 1 aromatic heterocycles. The number of hydrogen-bond acceptors (Lipinski definition) is 2. The van der Waals surface area contributed by atoms with Crippen LogP contribution >= 0.6 is 0 Å². The van der Waals surface area contributed by atoms with E-state index in [-0.39, 0.29) is 17.2 Å². The Labute approximate surface area is 154 Å². The van der Waals surface area contributed by atoms with Crippen LogP contribution in [0, 0.1) is 19.8 Å². The van der Waals surface area contributed by atoms with E-state index in [1.54, 1.807) is 12.4 Å². The first kappa shape index (κ1) is 16.5. The fourth-order valence-corrected chi connectivity index (χ4v) is 3.75. The summed E-state index contributed by atoms with van der Waals surface area (Å²) in [6.07, 6.45) is 4.21. The summed E-state index contributed by atoms with van der Waals surface area (Å²) in [4.78, 5) is 16.9. The molecule has 1 fully saturated rings. The molecule has 1 amide bonds. The topological polar surface area (TPSA) is 42.0 Å². The molecule has 3 nitrogen and oxygen atoms in total. The lowest BCUT2D eigenvalue weighted by atomic mass is 9.85. The highest BCUT2D eigenvalue weighted by Gasteiger charge is 2.60. The van der Waals surface area contributed by atoms with E-state index >= 15 is 0 Å².